The van der Waals surface area contributed by atoms with E-state index in [9.17, 15) is 9.59 Å². The van der Waals surface area contributed by atoms with Crippen LogP contribution < -0.4 is 4.74 Å². The Hall–Kier alpha value is -2.53. The van der Waals surface area contributed by atoms with Gasteiger partial charge in [0.25, 0.3) is 0 Å². The molecule has 0 radical (unpaired) electrons. The highest BCUT2D eigenvalue weighted by Gasteiger charge is 2.25. The lowest BCUT2D eigenvalue weighted by atomic mass is 10.1. The summed E-state index contributed by atoms with van der Waals surface area (Å²) in [6.07, 6.45) is 1.83. The number of benzene rings is 3. The molecule has 0 spiro atoms. The largest absolute Gasteiger partial charge is 0.423 e. The smallest absolute Gasteiger partial charge is 0.345 e. The summed E-state index contributed by atoms with van der Waals surface area (Å²) in [6, 6.07) is 19.0. The zero-order valence-electron chi connectivity index (χ0n) is 14.3. The Labute approximate surface area is 175 Å². The van der Waals surface area contributed by atoms with Crippen molar-refractivity contribution in [3.05, 3.63) is 98.4 Å². The maximum Gasteiger partial charge on any atom is 0.345 e. The SMILES string of the molecule is O=C(Oc1ccc(/C=C2/Sc3ccccc3C2=O)cc1)c1ccc(Cl)cc1Cl. The number of hydrogen-bond donors (Lipinski definition) is 0. The van der Waals surface area contributed by atoms with E-state index < -0.39 is 5.97 Å². The van der Waals surface area contributed by atoms with Crippen molar-refractivity contribution in [3.63, 3.8) is 0 Å². The average molecular weight is 427 g/mol. The number of ether oxygens (including phenoxy) is 1. The molecule has 0 aliphatic carbocycles. The lowest BCUT2D eigenvalue weighted by Gasteiger charge is -2.06. The van der Waals surface area contributed by atoms with E-state index >= 15 is 0 Å². The number of allylic oxidation sites excluding steroid dienone is 1. The van der Waals surface area contributed by atoms with Gasteiger partial charge in [0.15, 0.2) is 0 Å². The number of Topliss-reactive ketones (excluding diaryl/α,β-unsaturated/α-hetero) is 1. The Balaban J connectivity index is 1.49. The minimum absolute atomic E-state index is 0.0217. The molecule has 6 heteroatoms. The minimum Gasteiger partial charge on any atom is -0.423 e. The molecule has 0 amide bonds. The highest BCUT2D eigenvalue weighted by molar-refractivity contribution is 8.04. The van der Waals surface area contributed by atoms with Gasteiger partial charge in [0.05, 0.1) is 15.5 Å². The van der Waals surface area contributed by atoms with E-state index in [0.29, 0.717) is 15.7 Å². The summed E-state index contributed by atoms with van der Waals surface area (Å²) in [5, 5.41) is 0.676. The Kier molecular flexibility index (Phi) is 5.27. The van der Waals surface area contributed by atoms with Crippen LogP contribution in [0.15, 0.2) is 76.5 Å². The van der Waals surface area contributed by atoms with Crippen molar-refractivity contribution in [2.45, 2.75) is 4.90 Å². The van der Waals surface area contributed by atoms with Gasteiger partial charge in [0.2, 0.25) is 5.78 Å². The van der Waals surface area contributed by atoms with E-state index in [1.165, 1.54) is 23.9 Å². The highest BCUT2D eigenvalue weighted by atomic mass is 35.5. The summed E-state index contributed by atoms with van der Waals surface area (Å²) in [7, 11) is 0. The van der Waals surface area contributed by atoms with Gasteiger partial charge in [0.1, 0.15) is 5.75 Å². The van der Waals surface area contributed by atoms with Crippen molar-refractivity contribution in [2.75, 3.05) is 0 Å². The number of thioether (sulfide) groups is 1. The summed E-state index contributed by atoms with van der Waals surface area (Å²) in [6.45, 7) is 0. The monoisotopic (exact) mass is 426 g/mol. The summed E-state index contributed by atoms with van der Waals surface area (Å²) in [4.78, 5) is 26.3. The number of carbonyl (C=O) groups is 2. The van der Waals surface area contributed by atoms with Crippen LogP contribution in [0.4, 0.5) is 0 Å². The average Bonchev–Trinajstić information content (AvgIpc) is 2.99. The van der Waals surface area contributed by atoms with Gasteiger partial charge in [-0.05, 0) is 54.1 Å². The third kappa shape index (κ3) is 3.85. The Morgan fingerprint density at radius 2 is 1.71 bits per heavy atom. The van der Waals surface area contributed by atoms with E-state index in [1.807, 2.05) is 30.3 Å². The van der Waals surface area contributed by atoms with E-state index in [2.05, 4.69) is 0 Å². The first kappa shape index (κ1) is 18.8. The second-order valence-corrected chi connectivity index (χ2v) is 7.95. The molecule has 28 heavy (non-hydrogen) atoms. The van der Waals surface area contributed by atoms with Crippen molar-refractivity contribution < 1.29 is 14.3 Å². The van der Waals surface area contributed by atoms with Crippen LogP contribution in [-0.4, -0.2) is 11.8 Å². The second kappa shape index (κ2) is 7.84. The lowest BCUT2D eigenvalue weighted by Crippen LogP contribution is -2.09. The molecule has 0 aromatic heterocycles. The molecule has 0 saturated carbocycles. The molecular formula is C22H12Cl2O3S. The summed E-state index contributed by atoms with van der Waals surface area (Å²) < 4.78 is 5.36. The Morgan fingerprint density at radius 3 is 2.43 bits per heavy atom. The number of halogens is 2. The first-order valence-electron chi connectivity index (χ1n) is 8.32. The molecule has 0 N–H and O–H groups in total. The molecule has 3 nitrogen and oxygen atoms in total. The number of carbonyl (C=O) groups excluding carboxylic acids is 2. The van der Waals surface area contributed by atoms with Crippen LogP contribution in [0.1, 0.15) is 26.3 Å². The number of fused-ring (bicyclic) bond motifs is 1. The lowest BCUT2D eigenvalue weighted by molar-refractivity contribution is 0.0734. The topological polar surface area (TPSA) is 43.4 Å². The number of esters is 1. The first-order valence-corrected chi connectivity index (χ1v) is 9.89. The van der Waals surface area contributed by atoms with Gasteiger partial charge in [-0.3, -0.25) is 4.79 Å². The van der Waals surface area contributed by atoms with E-state index in [-0.39, 0.29) is 16.4 Å². The van der Waals surface area contributed by atoms with Crippen molar-refractivity contribution in [1.82, 2.24) is 0 Å². The molecule has 3 aromatic carbocycles. The number of ketones is 1. The summed E-state index contributed by atoms with van der Waals surface area (Å²) in [5.41, 5.74) is 1.81. The molecule has 0 saturated heterocycles. The molecule has 1 aliphatic rings. The molecular weight excluding hydrogens is 415 g/mol. The van der Waals surface area contributed by atoms with Crippen molar-refractivity contribution >= 4 is 52.8 Å². The normalized spacial score (nSPS) is 14.2. The van der Waals surface area contributed by atoms with Crippen LogP contribution in [0, 0.1) is 0 Å². The van der Waals surface area contributed by atoms with Gasteiger partial charge in [-0.2, -0.15) is 0 Å². The van der Waals surface area contributed by atoms with E-state index in [4.69, 9.17) is 27.9 Å². The number of hydrogen-bond acceptors (Lipinski definition) is 4. The molecule has 1 heterocycles. The summed E-state index contributed by atoms with van der Waals surface area (Å²) >= 11 is 13.3. The molecule has 0 bridgehead atoms. The molecule has 1 aliphatic heterocycles. The maximum absolute atomic E-state index is 12.4. The molecule has 0 atom stereocenters. The third-order valence-electron chi connectivity index (χ3n) is 4.11. The van der Waals surface area contributed by atoms with Crippen molar-refractivity contribution in [1.29, 1.82) is 0 Å². The zero-order chi connectivity index (χ0) is 19.7. The Bertz CT molecular complexity index is 1120. The summed E-state index contributed by atoms with van der Waals surface area (Å²) in [5.74, 6) is -0.162. The fraction of sp³-hybridized carbons (Fsp3) is 0. The van der Waals surface area contributed by atoms with Gasteiger partial charge in [-0.15, -0.1) is 0 Å². The predicted molar refractivity (Wildman–Crippen MR) is 112 cm³/mol. The van der Waals surface area contributed by atoms with Crippen LogP contribution >= 0.6 is 35.0 Å². The Morgan fingerprint density at radius 1 is 0.964 bits per heavy atom. The third-order valence-corrected chi connectivity index (χ3v) is 5.76. The fourth-order valence-corrected chi connectivity index (χ4v) is 4.27. The highest BCUT2D eigenvalue weighted by Crippen LogP contribution is 2.40. The van der Waals surface area contributed by atoms with E-state index in [0.717, 1.165) is 16.0 Å². The molecule has 0 unspecified atom stereocenters. The van der Waals surface area contributed by atoms with Crippen molar-refractivity contribution in [3.8, 4) is 5.75 Å². The van der Waals surface area contributed by atoms with Gasteiger partial charge in [-0.25, -0.2) is 4.79 Å². The standard InChI is InChI=1S/C22H12Cl2O3S/c23-14-7-10-16(18(24)12-14)22(26)27-15-8-5-13(6-9-15)11-20-21(25)17-3-1-2-4-19(17)28-20/h1-12H/b20-11+. The van der Waals surface area contributed by atoms with Gasteiger partial charge in [-0.1, -0.05) is 59.2 Å². The van der Waals surface area contributed by atoms with Crippen LogP contribution in [0.25, 0.3) is 6.08 Å². The van der Waals surface area contributed by atoms with Crippen LogP contribution in [0.5, 0.6) is 5.75 Å². The fourth-order valence-electron chi connectivity index (χ4n) is 2.74. The minimum atomic E-state index is -0.565. The quantitative estimate of drug-likeness (QED) is 0.270. The molecule has 4 rings (SSSR count). The predicted octanol–water partition coefficient (Wildman–Crippen LogP) is 6.54. The van der Waals surface area contributed by atoms with Crippen LogP contribution in [-0.2, 0) is 0 Å². The molecule has 0 fully saturated rings. The van der Waals surface area contributed by atoms with Gasteiger partial charge < -0.3 is 4.74 Å². The second-order valence-electron chi connectivity index (χ2n) is 6.02. The van der Waals surface area contributed by atoms with Crippen LogP contribution in [0.2, 0.25) is 10.0 Å². The van der Waals surface area contributed by atoms with Gasteiger partial charge in [0, 0.05) is 15.5 Å². The molecule has 3 aromatic rings. The zero-order valence-corrected chi connectivity index (χ0v) is 16.6. The first-order chi connectivity index (χ1) is 13.5. The van der Waals surface area contributed by atoms with Crippen molar-refractivity contribution in [2.24, 2.45) is 0 Å². The van der Waals surface area contributed by atoms with E-state index in [1.54, 1.807) is 30.3 Å². The van der Waals surface area contributed by atoms with Gasteiger partial charge >= 0.3 is 5.97 Å². The maximum atomic E-state index is 12.4. The molecule has 138 valence electrons. The van der Waals surface area contributed by atoms with Crippen LogP contribution in [0.3, 0.4) is 0 Å². The number of rotatable bonds is 3.